The minimum atomic E-state index is -0.602. The number of piperidine rings is 4. The number of aromatic nitrogens is 5. The molecule has 16 heteroatoms. The molecule has 0 aliphatic carbocycles. The lowest BCUT2D eigenvalue weighted by molar-refractivity contribution is -0.136. The Morgan fingerprint density at radius 2 is 1.63 bits per heavy atom. The van der Waals surface area contributed by atoms with E-state index in [9.17, 15) is 24.3 Å². The van der Waals surface area contributed by atoms with Crippen LogP contribution in [0, 0.1) is 11.8 Å². The van der Waals surface area contributed by atoms with Crippen LogP contribution in [0.15, 0.2) is 61.1 Å². The highest BCUT2D eigenvalue weighted by Crippen LogP contribution is 2.36. The molecule has 3 aromatic heterocycles. The lowest BCUT2D eigenvalue weighted by atomic mass is 9.94. The highest BCUT2D eigenvalue weighted by Gasteiger charge is 2.39. The maximum absolute atomic E-state index is 13.6. The molecule has 60 heavy (non-hydrogen) atoms. The molecule has 8 heterocycles. The number of aliphatic hydroxyl groups is 1. The summed E-state index contributed by atoms with van der Waals surface area (Å²) in [5.41, 5.74) is 6.19. The standard InChI is InChI=1S/C44H51N11O5/c56-27-29-9-18-52(19-10-29)39-23-36-31(21-37(39)46-42(58)35-3-5-40-45-13-20-54(40)48-35)26-55(49-36)32-11-14-50(15-12-32)24-28-7-16-51(17-8-28)33-2-1-30-25-53(44(60)34(30)22-33)38-4-6-41(57)47-43(38)59/h1-3,5,13,20-23,26,28-29,32,38,56H,4,6-12,14-19,24-25,27H2,(H,46,58)(H,47,57,59). The third-order valence-electron chi connectivity index (χ3n) is 13.5. The Kier molecular flexibility index (Phi) is 10.2. The Bertz CT molecular complexity index is 2460. The number of imide groups is 1. The zero-order valence-corrected chi connectivity index (χ0v) is 33.7. The molecule has 5 aliphatic heterocycles. The summed E-state index contributed by atoms with van der Waals surface area (Å²) in [4.78, 5) is 64.2. The largest absolute Gasteiger partial charge is 0.396 e. The number of benzene rings is 2. The van der Waals surface area contributed by atoms with E-state index in [0.717, 1.165) is 118 Å². The highest BCUT2D eigenvalue weighted by atomic mass is 16.3. The monoisotopic (exact) mass is 813 g/mol. The van der Waals surface area contributed by atoms with Crippen molar-refractivity contribution in [3.8, 4) is 0 Å². The second kappa shape index (κ2) is 16.0. The van der Waals surface area contributed by atoms with Crippen LogP contribution >= 0.6 is 0 Å². The van der Waals surface area contributed by atoms with Gasteiger partial charge in [-0.15, -0.1) is 0 Å². The number of rotatable bonds is 9. The van der Waals surface area contributed by atoms with Crippen molar-refractivity contribution in [1.82, 2.24) is 39.5 Å². The zero-order chi connectivity index (χ0) is 40.9. The van der Waals surface area contributed by atoms with E-state index in [4.69, 9.17) is 5.10 Å². The number of fused-ring (bicyclic) bond motifs is 3. The molecule has 1 atom stereocenters. The normalized spacial score (nSPS) is 21.3. The Morgan fingerprint density at radius 1 is 0.850 bits per heavy atom. The minimum Gasteiger partial charge on any atom is -0.396 e. The fourth-order valence-corrected chi connectivity index (χ4v) is 9.95. The van der Waals surface area contributed by atoms with Crippen LogP contribution < -0.4 is 20.4 Å². The second-order valence-electron chi connectivity index (χ2n) is 17.3. The number of aliphatic hydroxyl groups excluding tert-OH is 1. The number of imidazole rings is 1. The Labute approximate surface area is 347 Å². The van der Waals surface area contributed by atoms with Gasteiger partial charge in [0.2, 0.25) is 11.8 Å². The molecule has 16 nitrogen and oxygen atoms in total. The average Bonchev–Trinajstić information content (AvgIpc) is 4.00. The van der Waals surface area contributed by atoms with Gasteiger partial charge in [0.15, 0.2) is 5.65 Å². The maximum Gasteiger partial charge on any atom is 0.276 e. The summed E-state index contributed by atoms with van der Waals surface area (Å²) >= 11 is 0. The van der Waals surface area contributed by atoms with E-state index < -0.39 is 6.04 Å². The van der Waals surface area contributed by atoms with Gasteiger partial charge in [0.05, 0.1) is 22.9 Å². The van der Waals surface area contributed by atoms with Crippen molar-refractivity contribution in [2.24, 2.45) is 11.8 Å². The molecule has 3 N–H and O–H groups in total. The topological polar surface area (TPSA) is 174 Å². The van der Waals surface area contributed by atoms with Gasteiger partial charge < -0.3 is 30.0 Å². The Hall–Kier alpha value is -5.87. The molecule has 0 spiro atoms. The van der Waals surface area contributed by atoms with Crippen LogP contribution in [0.1, 0.15) is 83.8 Å². The fraction of sp³-hybridized carbons (Fsp3) is 0.477. The molecule has 4 amide bonds. The zero-order valence-electron chi connectivity index (χ0n) is 33.7. The van der Waals surface area contributed by atoms with Crippen molar-refractivity contribution in [1.29, 1.82) is 0 Å². The van der Waals surface area contributed by atoms with Gasteiger partial charge in [0, 0.05) is 101 Å². The van der Waals surface area contributed by atoms with E-state index in [1.807, 2.05) is 18.2 Å². The third kappa shape index (κ3) is 7.46. The van der Waals surface area contributed by atoms with Crippen LogP contribution in [-0.2, 0) is 16.1 Å². The van der Waals surface area contributed by atoms with E-state index in [1.165, 1.54) is 0 Å². The summed E-state index contributed by atoms with van der Waals surface area (Å²) in [7, 11) is 0. The van der Waals surface area contributed by atoms with Crippen molar-refractivity contribution in [3.05, 3.63) is 77.9 Å². The van der Waals surface area contributed by atoms with Gasteiger partial charge in [0.1, 0.15) is 11.7 Å². The van der Waals surface area contributed by atoms with E-state index in [-0.39, 0.29) is 42.7 Å². The molecular formula is C44H51N11O5. The van der Waals surface area contributed by atoms with Crippen molar-refractivity contribution in [2.75, 3.05) is 67.5 Å². The number of likely N-dealkylation sites (tertiary alicyclic amines) is 1. The minimum absolute atomic E-state index is 0.130. The van der Waals surface area contributed by atoms with Crippen LogP contribution in [0.2, 0.25) is 0 Å². The van der Waals surface area contributed by atoms with Gasteiger partial charge in [-0.2, -0.15) is 10.2 Å². The summed E-state index contributed by atoms with van der Waals surface area (Å²) in [5.74, 6) is -0.183. The summed E-state index contributed by atoms with van der Waals surface area (Å²) < 4.78 is 3.73. The van der Waals surface area contributed by atoms with Gasteiger partial charge in [0.25, 0.3) is 11.8 Å². The molecule has 10 rings (SSSR count). The van der Waals surface area contributed by atoms with Gasteiger partial charge in [-0.25, -0.2) is 9.50 Å². The SMILES string of the molecule is O=C1CCC(N2Cc3ccc(N4CCC(CN5CCC(n6cc7cc(NC(=O)c8ccc9nccn9n8)c(N8CCC(CO)CC8)cc7n6)CC5)CC4)cc3C2=O)C(=O)N1. The third-order valence-corrected chi connectivity index (χ3v) is 13.5. The highest BCUT2D eigenvalue weighted by molar-refractivity contribution is 6.07. The fourth-order valence-electron chi connectivity index (χ4n) is 9.95. The number of carbonyl (C=O) groups is 4. The van der Waals surface area contributed by atoms with E-state index in [2.05, 4.69) is 58.4 Å². The molecule has 0 radical (unpaired) electrons. The molecule has 0 saturated carbocycles. The van der Waals surface area contributed by atoms with Crippen LogP contribution in [0.4, 0.5) is 17.1 Å². The summed E-state index contributed by atoms with van der Waals surface area (Å²) in [6.45, 7) is 7.14. The van der Waals surface area contributed by atoms with Crippen molar-refractivity contribution in [3.63, 3.8) is 0 Å². The second-order valence-corrected chi connectivity index (χ2v) is 17.3. The van der Waals surface area contributed by atoms with Gasteiger partial charge >= 0.3 is 0 Å². The first-order valence-electron chi connectivity index (χ1n) is 21.5. The molecule has 0 bridgehead atoms. The lowest BCUT2D eigenvalue weighted by Gasteiger charge is -2.38. The lowest BCUT2D eigenvalue weighted by Crippen LogP contribution is -2.52. The molecule has 312 valence electrons. The van der Waals surface area contributed by atoms with Crippen molar-refractivity contribution >= 4 is 57.2 Å². The van der Waals surface area contributed by atoms with E-state index in [0.29, 0.717) is 41.7 Å². The summed E-state index contributed by atoms with van der Waals surface area (Å²) in [6.07, 6.45) is 12.1. The predicted molar refractivity (Wildman–Crippen MR) is 225 cm³/mol. The number of nitrogens with zero attached hydrogens (tertiary/aromatic N) is 9. The number of amides is 4. The first kappa shape index (κ1) is 38.3. The Morgan fingerprint density at radius 3 is 2.42 bits per heavy atom. The van der Waals surface area contributed by atoms with Crippen LogP contribution in [0.3, 0.4) is 0 Å². The van der Waals surface area contributed by atoms with E-state index >= 15 is 0 Å². The average molecular weight is 814 g/mol. The molecule has 5 aromatic rings. The van der Waals surface area contributed by atoms with Gasteiger partial charge in [-0.1, -0.05) is 6.07 Å². The molecular weight excluding hydrogens is 763 g/mol. The van der Waals surface area contributed by atoms with Crippen LogP contribution in [0.25, 0.3) is 16.6 Å². The molecule has 2 aromatic carbocycles. The maximum atomic E-state index is 13.6. The number of hydrogen-bond acceptors (Lipinski definition) is 11. The number of carbonyl (C=O) groups excluding carboxylic acids is 4. The number of nitrogens with one attached hydrogen (secondary N) is 2. The summed E-state index contributed by atoms with van der Waals surface area (Å²) in [6, 6.07) is 13.4. The molecule has 1 unspecified atom stereocenters. The number of hydrogen-bond donors (Lipinski definition) is 3. The quantitative estimate of drug-likeness (QED) is 0.185. The first-order valence-corrected chi connectivity index (χ1v) is 21.5. The van der Waals surface area contributed by atoms with E-state index in [1.54, 1.807) is 33.9 Å². The molecule has 5 aliphatic rings. The van der Waals surface area contributed by atoms with Crippen molar-refractivity contribution < 1.29 is 24.3 Å². The van der Waals surface area contributed by atoms with Crippen LogP contribution in [0.5, 0.6) is 0 Å². The van der Waals surface area contributed by atoms with Crippen LogP contribution in [-0.4, -0.2) is 121 Å². The van der Waals surface area contributed by atoms with Gasteiger partial charge in [-0.05, 0) is 98.7 Å². The Balaban J connectivity index is 0.757. The molecule has 4 fully saturated rings. The molecule has 4 saturated heterocycles. The first-order chi connectivity index (χ1) is 29.3. The van der Waals surface area contributed by atoms with Gasteiger partial charge in [-0.3, -0.25) is 29.2 Å². The predicted octanol–water partition coefficient (Wildman–Crippen LogP) is 3.85. The summed E-state index contributed by atoms with van der Waals surface area (Å²) in [5, 5.41) is 25.9. The smallest absolute Gasteiger partial charge is 0.276 e. The number of anilines is 3. The van der Waals surface area contributed by atoms with Crippen molar-refractivity contribution in [2.45, 2.75) is 70.0 Å².